The fourth-order valence-corrected chi connectivity index (χ4v) is 2.34. The van der Waals surface area contributed by atoms with Crippen molar-refractivity contribution in [1.29, 1.82) is 0 Å². The molecule has 0 saturated carbocycles. The maximum absolute atomic E-state index is 11.9. The normalized spacial score (nSPS) is 10.3. The van der Waals surface area contributed by atoms with Crippen LogP contribution in [0.5, 0.6) is 0 Å². The topological polar surface area (TPSA) is 48.3 Å². The number of carbonyl (C=O) groups excluding carboxylic acids is 1. The molecule has 0 spiro atoms. The zero-order chi connectivity index (χ0) is 14.5. The van der Waals surface area contributed by atoms with Crippen LogP contribution in [0.3, 0.4) is 0 Å². The van der Waals surface area contributed by atoms with E-state index in [2.05, 4.69) is 15.9 Å². The summed E-state index contributed by atoms with van der Waals surface area (Å²) in [7, 11) is 1.59. The van der Waals surface area contributed by atoms with Crippen LogP contribution in [0.2, 0.25) is 0 Å². The molecule has 0 aliphatic rings. The van der Waals surface area contributed by atoms with Crippen LogP contribution < -0.4 is 5.56 Å². The number of ether oxygens (including phenoxy) is 1. The molecular weight excluding hydrogens is 322 g/mol. The van der Waals surface area contributed by atoms with E-state index in [9.17, 15) is 9.59 Å². The van der Waals surface area contributed by atoms with Crippen LogP contribution in [0, 0.1) is 0 Å². The Morgan fingerprint density at radius 2 is 2.00 bits per heavy atom. The Bertz CT molecular complexity index is 665. The van der Waals surface area contributed by atoms with Gasteiger partial charge in [-0.25, -0.2) is 4.79 Å². The van der Waals surface area contributed by atoms with Crippen molar-refractivity contribution in [2.24, 2.45) is 7.05 Å². The number of halogens is 1. The smallest absolute Gasteiger partial charge is 0.343 e. The lowest BCUT2D eigenvalue weighted by molar-refractivity contribution is 0.0506. The van der Waals surface area contributed by atoms with Gasteiger partial charge >= 0.3 is 5.97 Å². The number of aryl methyl sites for hydroxylation is 1. The molecule has 104 valence electrons. The number of carbonyl (C=O) groups is 1. The first-order chi connectivity index (χ1) is 9.58. The van der Waals surface area contributed by atoms with Crippen molar-refractivity contribution in [2.75, 3.05) is 6.61 Å². The quantitative estimate of drug-likeness (QED) is 0.807. The first-order valence-electron chi connectivity index (χ1n) is 6.15. The van der Waals surface area contributed by atoms with Crippen molar-refractivity contribution >= 4 is 21.9 Å². The second-order valence-corrected chi connectivity index (χ2v) is 5.28. The lowest BCUT2D eigenvalue weighted by atomic mass is 10.2. The van der Waals surface area contributed by atoms with Gasteiger partial charge < -0.3 is 9.30 Å². The lowest BCUT2D eigenvalue weighted by Crippen LogP contribution is -2.25. The van der Waals surface area contributed by atoms with Gasteiger partial charge in [0.05, 0.1) is 6.61 Å². The minimum absolute atomic E-state index is 0.0370. The summed E-state index contributed by atoms with van der Waals surface area (Å²) in [6.45, 7) is 0.249. The van der Waals surface area contributed by atoms with Gasteiger partial charge in [-0.1, -0.05) is 30.3 Å². The van der Waals surface area contributed by atoms with Crippen LogP contribution in [-0.2, 0) is 18.2 Å². The van der Waals surface area contributed by atoms with Gasteiger partial charge in [-0.3, -0.25) is 4.79 Å². The number of hydrogen-bond acceptors (Lipinski definition) is 3. The number of pyridine rings is 1. The Hall–Kier alpha value is -1.88. The summed E-state index contributed by atoms with van der Waals surface area (Å²) < 4.78 is 7.16. The van der Waals surface area contributed by atoms with E-state index in [1.165, 1.54) is 10.6 Å². The van der Waals surface area contributed by atoms with Gasteiger partial charge in [-0.2, -0.15) is 0 Å². The maximum atomic E-state index is 11.9. The summed E-state index contributed by atoms with van der Waals surface area (Å²) in [6, 6.07) is 11.2. The number of esters is 1. The average molecular weight is 336 g/mol. The molecule has 0 N–H and O–H groups in total. The minimum Gasteiger partial charge on any atom is -0.462 e. The molecule has 4 nitrogen and oxygen atoms in total. The van der Waals surface area contributed by atoms with Gasteiger partial charge in [0.15, 0.2) is 0 Å². The van der Waals surface area contributed by atoms with Gasteiger partial charge in [0.2, 0.25) is 0 Å². The summed E-state index contributed by atoms with van der Waals surface area (Å²) in [5.74, 6) is -0.595. The average Bonchev–Trinajstić information content (AvgIpc) is 2.44. The molecule has 0 radical (unpaired) electrons. The van der Waals surface area contributed by atoms with Crippen molar-refractivity contribution in [1.82, 2.24) is 4.57 Å². The Balaban J connectivity index is 2.01. The predicted octanol–water partition coefficient (Wildman–Crippen LogP) is 2.55. The highest BCUT2D eigenvalue weighted by Crippen LogP contribution is 2.09. The van der Waals surface area contributed by atoms with Crippen LogP contribution >= 0.6 is 15.9 Å². The van der Waals surface area contributed by atoms with E-state index in [1.807, 2.05) is 30.3 Å². The van der Waals surface area contributed by atoms with Crippen molar-refractivity contribution < 1.29 is 9.53 Å². The first-order valence-corrected chi connectivity index (χ1v) is 6.94. The molecule has 0 bridgehead atoms. The molecule has 0 atom stereocenters. The summed E-state index contributed by atoms with van der Waals surface area (Å²) >= 11 is 3.25. The Morgan fingerprint density at radius 3 is 2.70 bits per heavy atom. The Morgan fingerprint density at radius 1 is 1.30 bits per heavy atom. The third kappa shape index (κ3) is 3.57. The van der Waals surface area contributed by atoms with E-state index in [0.717, 1.165) is 5.56 Å². The number of hydrogen-bond donors (Lipinski definition) is 0. The van der Waals surface area contributed by atoms with Crippen LogP contribution in [0.1, 0.15) is 15.9 Å². The van der Waals surface area contributed by atoms with Crippen molar-refractivity contribution in [3.63, 3.8) is 0 Å². The molecule has 0 saturated heterocycles. The first kappa shape index (κ1) is 14.5. The molecule has 1 heterocycles. The minimum atomic E-state index is -0.595. The molecule has 0 aliphatic carbocycles. The molecule has 0 fully saturated rings. The highest BCUT2D eigenvalue weighted by atomic mass is 79.9. The fourth-order valence-electron chi connectivity index (χ4n) is 1.80. The fraction of sp³-hybridized carbons (Fsp3) is 0.200. The summed E-state index contributed by atoms with van der Waals surface area (Å²) in [5.41, 5.74) is 0.760. The van der Waals surface area contributed by atoms with Crippen LogP contribution in [0.15, 0.2) is 51.9 Å². The molecule has 2 aromatic rings. The molecule has 1 aromatic heterocycles. The number of aromatic nitrogens is 1. The molecule has 0 amide bonds. The monoisotopic (exact) mass is 335 g/mol. The molecule has 20 heavy (non-hydrogen) atoms. The summed E-state index contributed by atoms with van der Waals surface area (Å²) in [5, 5.41) is 0. The lowest BCUT2D eigenvalue weighted by Gasteiger charge is -2.06. The zero-order valence-corrected chi connectivity index (χ0v) is 12.6. The van der Waals surface area contributed by atoms with Crippen LogP contribution in [0.25, 0.3) is 0 Å². The van der Waals surface area contributed by atoms with Crippen molar-refractivity contribution in [3.05, 3.63) is 68.5 Å². The molecule has 5 heteroatoms. The largest absolute Gasteiger partial charge is 0.462 e. The molecule has 2 rings (SSSR count). The second kappa shape index (κ2) is 6.52. The zero-order valence-electron chi connectivity index (χ0n) is 11.0. The highest BCUT2D eigenvalue weighted by molar-refractivity contribution is 9.10. The number of rotatable bonds is 4. The summed E-state index contributed by atoms with van der Waals surface area (Å²) in [6.07, 6.45) is 2.23. The van der Waals surface area contributed by atoms with E-state index >= 15 is 0 Å². The molecular formula is C15H14BrNO3. The third-order valence-corrected chi connectivity index (χ3v) is 3.27. The van der Waals surface area contributed by atoms with E-state index < -0.39 is 5.97 Å². The molecule has 1 aromatic carbocycles. The van der Waals surface area contributed by atoms with E-state index in [4.69, 9.17) is 4.74 Å². The van der Waals surface area contributed by atoms with Gasteiger partial charge in [-0.15, -0.1) is 0 Å². The molecule has 0 aliphatic heterocycles. The predicted molar refractivity (Wildman–Crippen MR) is 79.8 cm³/mol. The maximum Gasteiger partial charge on any atom is 0.343 e. The van der Waals surface area contributed by atoms with Crippen molar-refractivity contribution in [3.8, 4) is 0 Å². The number of nitrogens with zero attached hydrogens (tertiary/aromatic N) is 1. The van der Waals surface area contributed by atoms with Gasteiger partial charge in [-0.05, 0) is 27.6 Å². The van der Waals surface area contributed by atoms with Gasteiger partial charge in [0.1, 0.15) is 5.56 Å². The number of benzene rings is 1. The van der Waals surface area contributed by atoms with Crippen LogP contribution in [0.4, 0.5) is 0 Å². The highest BCUT2D eigenvalue weighted by Gasteiger charge is 2.14. The summed E-state index contributed by atoms with van der Waals surface area (Å²) in [4.78, 5) is 23.7. The molecule has 0 unspecified atom stereocenters. The van der Waals surface area contributed by atoms with Gasteiger partial charge in [0.25, 0.3) is 5.56 Å². The van der Waals surface area contributed by atoms with E-state index in [0.29, 0.717) is 10.9 Å². The SMILES string of the molecule is Cn1cc(Br)cc(C(=O)OCCc2ccccc2)c1=O. The van der Waals surface area contributed by atoms with Gasteiger partial charge in [0, 0.05) is 24.1 Å². The Kier molecular flexibility index (Phi) is 4.74. The second-order valence-electron chi connectivity index (χ2n) is 4.36. The Labute approximate surface area is 125 Å². The van der Waals surface area contributed by atoms with E-state index in [-0.39, 0.29) is 17.7 Å². The third-order valence-electron chi connectivity index (χ3n) is 2.84. The van der Waals surface area contributed by atoms with Crippen LogP contribution in [-0.4, -0.2) is 17.1 Å². The van der Waals surface area contributed by atoms with Crippen molar-refractivity contribution in [2.45, 2.75) is 6.42 Å². The van der Waals surface area contributed by atoms with E-state index in [1.54, 1.807) is 13.2 Å². The standard InChI is InChI=1S/C15H14BrNO3/c1-17-10-12(16)9-13(14(17)18)15(19)20-8-7-11-5-3-2-4-6-11/h2-6,9-10H,7-8H2,1H3.